The third kappa shape index (κ3) is 3.06. The smallest absolute Gasteiger partial charge is 0.166 e. The van der Waals surface area contributed by atoms with Gasteiger partial charge in [-0.1, -0.05) is 78.0 Å². The Morgan fingerprint density at radius 1 is 0.840 bits per heavy atom. The first-order chi connectivity index (χ1) is 12.3. The Morgan fingerprint density at radius 2 is 1.48 bits per heavy atom. The number of fused-ring (bicyclic) bond motifs is 1. The minimum absolute atomic E-state index is 0.0908. The summed E-state index contributed by atoms with van der Waals surface area (Å²) in [7, 11) is 0. The van der Waals surface area contributed by atoms with Gasteiger partial charge in [0, 0.05) is 6.42 Å². The quantitative estimate of drug-likeness (QED) is 0.560. The number of aromatic nitrogens is 3. The molecule has 25 heavy (non-hydrogen) atoms. The molecule has 0 aliphatic heterocycles. The maximum atomic E-state index is 13.2. The van der Waals surface area contributed by atoms with Gasteiger partial charge in [-0.05, 0) is 23.3 Å². The number of rotatable bonds is 5. The Morgan fingerprint density at radius 3 is 2.24 bits per heavy atom. The van der Waals surface area contributed by atoms with Gasteiger partial charge in [-0.3, -0.25) is 4.79 Å². The molecule has 0 saturated carbocycles. The molecule has 4 aromatic rings. The summed E-state index contributed by atoms with van der Waals surface area (Å²) in [5.74, 6) is 0.0908. The van der Waals surface area contributed by atoms with E-state index in [9.17, 15) is 4.79 Å². The van der Waals surface area contributed by atoms with Gasteiger partial charge in [-0.2, -0.15) is 0 Å². The molecule has 0 saturated heterocycles. The summed E-state index contributed by atoms with van der Waals surface area (Å²) in [6.07, 6.45) is 0.356. The van der Waals surface area contributed by atoms with Crippen LogP contribution in [0.1, 0.15) is 17.2 Å². The van der Waals surface area contributed by atoms with Crippen LogP contribution < -0.4 is 0 Å². The Hall–Kier alpha value is -3.27. The molecular formula is C21H17N3O. The lowest BCUT2D eigenvalue weighted by molar-refractivity contribution is -0.120. The van der Waals surface area contributed by atoms with Crippen molar-refractivity contribution in [3.05, 3.63) is 96.1 Å². The SMILES string of the molecule is O=C(Cc1ccccc1)C(c1ccccc1)n1nnc2ccccc21. The summed E-state index contributed by atoms with van der Waals surface area (Å²) in [4.78, 5) is 13.2. The van der Waals surface area contributed by atoms with Crippen LogP contribution >= 0.6 is 0 Å². The van der Waals surface area contributed by atoms with Gasteiger partial charge >= 0.3 is 0 Å². The highest BCUT2D eigenvalue weighted by Gasteiger charge is 2.25. The third-order valence-corrected chi connectivity index (χ3v) is 4.26. The Balaban J connectivity index is 1.78. The van der Waals surface area contributed by atoms with Crippen LogP contribution in [0.2, 0.25) is 0 Å². The molecule has 1 unspecified atom stereocenters. The van der Waals surface area contributed by atoms with Crippen LogP contribution in [0.5, 0.6) is 0 Å². The van der Waals surface area contributed by atoms with Gasteiger partial charge < -0.3 is 0 Å². The molecule has 1 heterocycles. The van der Waals surface area contributed by atoms with Gasteiger partial charge in [-0.15, -0.1) is 5.10 Å². The van der Waals surface area contributed by atoms with Gasteiger partial charge in [-0.25, -0.2) is 4.68 Å². The van der Waals surface area contributed by atoms with Crippen molar-refractivity contribution in [3.8, 4) is 0 Å². The number of hydrogen-bond donors (Lipinski definition) is 0. The van der Waals surface area contributed by atoms with E-state index < -0.39 is 6.04 Å². The Kier molecular flexibility index (Phi) is 4.09. The van der Waals surface area contributed by atoms with E-state index in [1.807, 2.05) is 84.9 Å². The fourth-order valence-electron chi connectivity index (χ4n) is 3.07. The second-order valence-electron chi connectivity index (χ2n) is 5.96. The van der Waals surface area contributed by atoms with Crippen molar-refractivity contribution >= 4 is 16.8 Å². The van der Waals surface area contributed by atoms with Gasteiger partial charge in [0.05, 0.1) is 5.52 Å². The summed E-state index contributed by atoms with van der Waals surface area (Å²) in [6, 6.07) is 26.8. The van der Waals surface area contributed by atoms with Crippen LogP contribution in [0.15, 0.2) is 84.9 Å². The topological polar surface area (TPSA) is 47.8 Å². The minimum Gasteiger partial charge on any atom is -0.297 e. The lowest BCUT2D eigenvalue weighted by Crippen LogP contribution is -2.23. The molecule has 0 spiro atoms. The number of hydrogen-bond acceptors (Lipinski definition) is 3. The Bertz CT molecular complexity index is 993. The van der Waals surface area contributed by atoms with E-state index in [0.717, 1.165) is 22.2 Å². The number of nitrogens with zero attached hydrogens (tertiary/aromatic N) is 3. The standard InChI is InChI=1S/C21H17N3O/c25-20(15-16-9-3-1-4-10-16)21(17-11-5-2-6-12-17)24-19-14-8-7-13-18(19)22-23-24/h1-14,21H,15H2. The molecule has 0 N–H and O–H groups in total. The van der Waals surface area contributed by atoms with E-state index in [-0.39, 0.29) is 5.78 Å². The molecule has 4 rings (SSSR count). The van der Waals surface area contributed by atoms with Crippen LogP contribution in [0, 0.1) is 0 Å². The molecule has 0 aliphatic carbocycles. The van der Waals surface area contributed by atoms with Crippen LogP contribution in [-0.2, 0) is 11.2 Å². The van der Waals surface area contributed by atoms with Crippen molar-refractivity contribution in [1.29, 1.82) is 0 Å². The molecule has 0 radical (unpaired) electrons. The number of carbonyl (C=O) groups excluding carboxylic acids is 1. The van der Waals surface area contributed by atoms with Gasteiger partial charge in [0.25, 0.3) is 0 Å². The second-order valence-corrected chi connectivity index (χ2v) is 5.96. The Labute approximate surface area is 145 Å². The lowest BCUT2D eigenvalue weighted by Gasteiger charge is -2.17. The van der Waals surface area contributed by atoms with E-state index in [0.29, 0.717) is 6.42 Å². The number of benzene rings is 3. The van der Waals surface area contributed by atoms with E-state index in [4.69, 9.17) is 0 Å². The highest BCUT2D eigenvalue weighted by molar-refractivity contribution is 5.89. The fraction of sp³-hybridized carbons (Fsp3) is 0.0952. The summed E-state index contributed by atoms with van der Waals surface area (Å²) in [5, 5.41) is 8.50. The number of ketones is 1. The van der Waals surface area contributed by atoms with Gasteiger partial charge in [0.1, 0.15) is 11.6 Å². The zero-order chi connectivity index (χ0) is 17.1. The van der Waals surface area contributed by atoms with Crippen molar-refractivity contribution in [3.63, 3.8) is 0 Å². The number of carbonyl (C=O) groups is 1. The largest absolute Gasteiger partial charge is 0.297 e. The first kappa shape index (κ1) is 15.3. The monoisotopic (exact) mass is 327 g/mol. The summed E-state index contributed by atoms with van der Waals surface area (Å²) < 4.78 is 1.73. The summed E-state index contributed by atoms with van der Waals surface area (Å²) >= 11 is 0. The van der Waals surface area contributed by atoms with Crippen LogP contribution in [0.3, 0.4) is 0 Å². The van der Waals surface area contributed by atoms with E-state index in [2.05, 4.69) is 10.3 Å². The zero-order valence-electron chi connectivity index (χ0n) is 13.6. The van der Waals surface area contributed by atoms with E-state index >= 15 is 0 Å². The molecule has 4 nitrogen and oxygen atoms in total. The first-order valence-corrected chi connectivity index (χ1v) is 8.24. The van der Waals surface area contributed by atoms with Crippen molar-refractivity contribution in [2.75, 3.05) is 0 Å². The molecule has 0 aliphatic rings. The lowest BCUT2D eigenvalue weighted by atomic mass is 9.97. The minimum atomic E-state index is -0.492. The highest BCUT2D eigenvalue weighted by atomic mass is 16.1. The van der Waals surface area contributed by atoms with Crippen molar-refractivity contribution in [1.82, 2.24) is 15.0 Å². The van der Waals surface area contributed by atoms with Crippen LogP contribution in [0.4, 0.5) is 0 Å². The summed E-state index contributed by atoms with van der Waals surface area (Å²) in [6.45, 7) is 0. The van der Waals surface area contributed by atoms with Gasteiger partial charge in [0.2, 0.25) is 0 Å². The summed E-state index contributed by atoms with van der Waals surface area (Å²) in [5.41, 5.74) is 3.56. The molecule has 1 aromatic heterocycles. The predicted molar refractivity (Wildman–Crippen MR) is 97.3 cm³/mol. The maximum Gasteiger partial charge on any atom is 0.166 e. The molecule has 0 bridgehead atoms. The van der Waals surface area contributed by atoms with E-state index in [1.165, 1.54) is 0 Å². The maximum absolute atomic E-state index is 13.2. The van der Waals surface area contributed by atoms with Crippen LogP contribution in [-0.4, -0.2) is 20.8 Å². The average Bonchev–Trinajstić information content (AvgIpc) is 3.08. The van der Waals surface area contributed by atoms with Crippen molar-refractivity contribution < 1.29 is 4.79 Å². The highest BCUT2D eigenvalue weighted by Crippen LogP contribution is 2.24. The second kappa shape index (κ2) is 6.69. The average molecular weight is 327 g/mol. The number of para-hydroxylation sites is 1. The molecule has 122 valence electrons. The zero-order valence-corrected chi connectivity index (χ0v) is 13.6. The van der Waals surface area contributed by atoms with Crippen molar-refractivity contribution in [2.45, 2.75) is 12.5 Å². The number of Topliss-reactive ketones (excluding diaryl/α,β-unsaturated/α-hetero) is 1. The fourth-order valence-corrected chi connectivity index (χ4v) is 3.07. The molecule has 4 heteroatoms. The van der Waals surface area contributed by atoms with Crippen LogP contribution in [0.25, 0.3) is 11.0 Å². The first-order valence-electron chi connectivity index (χ1n) is 8.24. The molecular weight excluding hydrogens is 310 g/mol. The van der Waals surface area contributed by atoms with E-state index in [1.54, 1.807) is 4.68 Å². The third-order valence-electron chi connectivity index (χ3n) is 4.26. The normalized spacial score (nSPS) is 12.2. The van der Waals surface area contributed by atoms with Crippen molar-refractivity contribution in [2.24, 2.45) is 0 Å². The molecule has 1 atom stereocenters. The molecule has 3 aromatic carbocycles. The van der Waals surface area contributed by atoms with Gasteiger partial charge in [0.15, 0.2) is 5.78 Å². The predicted octanol–water partition coefficient (Wildman–Crippen LogP) is 3.83. The molecule has 0 fully saturated rings. The molecule has 0 amide bonds.